The summed E-state index contributed by atoms with van der Waals surface area (Å²) in [5.41, 5.74) is 6.73. The molecule has 1 aliphatic rings. The molecule has 0 saturated carbocycles. The van der Waals surface area contributed by atoms with Gasteiger partial charge in [-0.05, 0) is 22.4 Å². The number of hydrogen-bond donors (Lipinski definition) is 2. The summed E-state index contributed by atoms with van der Waals surface area (Å²) in [5, 5.41) is 12.4. The number of tetrazole rings is 1. The van der Waals surface area contributed by atoms with Crippen LogP contribution in [-0.2, 0) is 17.8 Å². The zero-order valence-electron chi connectivity index (χ0n) is 14.8. The van der Waals surface area contributed by atoms with E-state index in [1.807, 2.05) is 10.7 Å². The Morgan fingerprint density at radius 2 is 2.04 bits per heavy atom. The van der Waals surface area contributed by atoms with Crippen LogP contribution in [0.5, 0.6) is 0 Å². The third kappa shape index (κ3) is 4.22. The van der Waals surface area contributed by atoms with E-state index < -0.39 is 0 Å². The van der Waals surface area contributed by atoms with Crippen LogP contribution in [0.3, 0.4) is 0 Å². The van der Waals surface area contributed by atoms with Crippen molar-refractivity contribution in [1.82, 2.24) is 20.2 Å². The number of quaternary nitrogens is 1. The average molecular weight is 343 g/mol. The molecule has 1 saturated heterocycles. The van der Waals surface area contributed by atoms with Crippen LogP contribution >= 0.6 is 0 Å². The van der Waals surface area contributed by atoms with Gasteiger partial charge in [-0.15, -0.1) is 5.10 Å². The molecule has 1 amide bonds. The number of nitrogens with one attached hydrogen (secondary N) is 1. The highest BCUT2D eigenvalue weighted by atomic mass is 16.1. The first-order valence-corrected chi connectivity index (χ1v) is 9.13. The molecule has 3 N–H and O–H groups in total. The van der Waals surface area contributed by atoms with Gasteiger partial charge in [0.05, 0.1) is 13.1 Å². The Hall–Kier alpha value is -2.28. The summed E-state index contributed by atoms with van der Waals surface area (Å²) in [6, 6.07) is 10.6. The number of aryl methyl sites for hydroxylation is 2. The average Bonchev–Trinajstić information content (AvgIpc) is 3.10. The van der Waals surface area contributed by atoms with Crippen molar-refractivity contribution in [2.45, 2.75) is 45.2 Å². The highest BCUT2D eigenvalue weighted by molar-refractivity contribution is 5.76. The van der Waals surface area contributed by atoms with E-state index >= 15 is 0 Å². The number of likely N-dealkylation sites (tertiary alicyclic amines) is 1. The molecule has 1 fully saturated rings. The molecule has 2 aromatic rings. The number of aromatic nitrogens is 4. The van der Waals surface area contributed by atoms with Crippen LogP contribution in [0.15, 0.2) is 30.3 Å². The SMILES string of the molecule is CC[C@H](c1nnnn1CCc1ccccc1)[NH+]1CCC(C(N)=O)CC1. The zero-order valence-corrected chi connectivity index (χ0v) is 14.8. The molecular weight excluding hydrogens is 316 g/mol. The lowest BCUT2D eigenvalue weighted by molar-refractivity contribution is -0.938. The Bertz CT molecular complexity index is 678. The van der Waals surface area contributed by atoms with Gasteiger partial charge < -0.3 is 10.6 Å². The van der Waals surface area contributed by atoms with E-state index in [1.165, 1.54) is 10.5 Å². The first-order chi connectivity index (χ1) is 12.2. The molecule has 7 heteroatoms. The Kier molecular flexibility index (Phi) is 5.75. The lowest BCUT2D eigenvalue weighted by Crippen LogP contribution is -3.13. The maximum Gasteiger partial charge on any atom is 0.220 e. The molecule has 0 bridgehead atoms. The summed E-state index contributed by atoms with van der Waals surface area (Å²) in [6.45, 7) is 4.84. The van der Waals surface area contributed by atoms with Gasteiger partial charge in [0.25, 0.3) is 0 Å². The number of piperidine rings is 1. The van der Waals surface area contributed by atoms with Crippen molar-refractivity contribution >= 4 is 5.91 Å². The minimum absolute atomic E-state index is 0.0235. The standard InChI is InChI=1S/C18H26N6O/c1-2-16(23-11-9-15(10-12-23)17(19)25)18-20-21-22-24(18)13-8-14-6-4-3-5-7-14/h3-7,15-16H,2,8-13H2,1H3,(H2,19,25)/p+1/t16-/m1/s1. The normalized spacial score (nSPS) is 21.8. The maximum atomic E-state index is 11.4. The number of primary amides is 1. The Morgan fingerprint density at radius 1 is 1.32 bits per heavy atom. The van der Waals surface area contributed by atoms with E-state index in [2.05, 4.69) is 46.7 Å². The number of carbonyl (C=O) groups excluding carboxylic acids is 1. The second-order valence-electron chi connectivity index (χ2n) is 6.79. The topological polar surface area (TPSA) is 91.1 Å². The van der Waals surface area contributed by atoms with Crippen molar-refractivity contribution < 1.29 is 9.69 Å². The summed E-state index contributed by atoms with van der Waals surface area (Å²) in [6.07, 6.45) is 3.59. The van der Waals surface area contributed by atoms with Gasteiger partial charge in [0.1, 0.15) is 6.04 Å². The van der Waals surface area contributed by atoms with E-state index in [4.69, 9.17) is 5.73 Å². The first-order valence-electron chi connectivity index (χ1n) is 9.13. The zero-order chi connectivity index (χ0) is 17.6. The lowest BCUT2D eigenvalue weighted by atomic mass is 9.94. The fraction of sp³-hybridized carbons (Fsp3) is 0.556. The van der Waals surface area contributed by atoms with Crippen molar-refractivity contribution in [3.63, 3.8) is 0 Å². The molecule has 3 rings (SSSR count). The van der Waals surface area contributed by atoms with Crippen LogP contribution in [0.25, 0.3) is 0 Å². The van der Waals surface area contributed by atoms with Gasteiger partial charge >= 0.3 is 0 Å². The monoisotopic (exact) mass is 343 g/mol. The van der Waals surface area contributed by atoms with Crippen LogP contribution in [0, 0.1) is 5.92 Å². The number of carbonyl (C=O) groups is 1. The Morgan fingerprint density at radius 3 is 2.68 bits per heavy atom. The molecule has 0 spiro atoms. The fourth-order valence-corrected chi connectivity index (χ4v) is 3.78. The van der Waals surface area contributed by atoms with Crippen molar-refractivity contribution in [2.75, 3.05) is 13.1 Å². The molecule has 7 nitrogen and oxygen atoms in total. The predicted octanol–water partition coefficient (Wildman–Crippen LogP) is 0.147. The Balaban J connectivity index is 1.66. The molecule has 134 valence electrons. The van der Waals surface area contributed by atoms with Crippen LogP contribution in [0.4, 0.5) is 0 Å². The van der Waals surface area contributed by atoms with Gasteiger partial charge in [-0.3, -0.25) is 4.79 Å². The van der Waals surface area contributed by atoms with Crippen molar-refractivity contribution in [1.29, 1.82) is 0 Å². The first kappa shape index (κ1) is 17.5. The van der Waals surface area contributed by atoms with Crippen LogP contribution < -0.4 is 10.6 Å². The van der Waals surface area contributed by atoms with E-state index in [9.17, 15) is 4.79 Å². The summed E-state index contributed by atoms with van der Waals surface area (Å²) in [5.74, 6) is 0.807. The third-order valence-electron chi connectivity index (χ3n) is 5.26. The molecule has 25 heavy (non-hydrogen) atoms. The summed E-state index contributed by atoms with van der Waals surface area (Å²) >= 11 is 0. The smallest absolute Gasteiger partial charge is 0.220 e. The molecule has 1 atom stereocenters. The third-order valence-corrected chi connectivity index (χ3v) is 5.26. The van der Waals surface area contributed by atoms with Crippen molar-refractivity contribution in [3.05, 3.63) is 41.7 Å². The highest BCUT2D eigenvalue weighted by Crippen LogP contribution is 2.15. The maximum absolute atomic E-state index is 11.4. The number of nitrogens with zero attached hydrogens (tertiary/aromatic N) is 4. The molecule has 0 radical (unpaired) electrons. The lowest BCUT2D eigenvalue weighted by Gasteiger charge is -2.32. The molecule has 2 heterocycles. The number of rotatable bonds is 7. The van der Waals surface area contributed by atoms with E-state index in [-0.39, 0.29) is 17.9 Å². The molecule has 1 aromatic carbocycles. The van der Waals surface area contributed by atoms with Crippen LogP contribution in [0.2, 0.25) is 0 Å². The van der Waals surface area contributed by atoms with Gasteiger partial charge in [0, 0.05) is 31.7 Å². The van der Waals surface area contributed by atoms with Crippen molar-refractivity contribution in [3.8, 4) is 0 Å². The molecule has 0 aliphatic carbocycles. The molecule has 1 aromatic heterocycles. The summed E-state index contributed by atoms with van der Waals surface area (Å²) in [7, 11) is 0. The van der Waals surface area contributed by atoms with E-state index in [0.717, 1.165) is 51.1 Å². The van der Waals surface area contributed by atoms with Gasteiger partial charge in [-0.25, -0.2) is 4.68 Å². The number of benzene rings is 1. The summed E-state index contributed by atoms with van der Waals surface area (Å²) in [4.78, 5) is 12.8. The van der Waals surface area contributed by atoms with Crippen molar-refractivity contribution in [2.24, 2.45) is 11.7 Å². The molecule has 0 unspecified atom stereocenters. The van der Waals surface area contributed by atoms with E-state index in [0.29, 0.717) is 0 Å². The quantitative estimate of drug-likeness (QED) is 0.748. The molecule has 1 aliphatic heterocycles. The minimum Gasteiger partial charge on any atom is -0.369 e. The predicted molar refractivity (Wildman–Crippen MR) is 93.6 cm³/mol. The Labute approximate surface area is 148 Å². The van der Waals surface area contributed by atoms with Gasteiger partial charge in [-0.1, -0.05) is 37.3 Å². The van der Waals surface area contributed by atoms with Gasteiger partial charge in [0.15, 0.2) is 0 Å². The number of hydrogen-bond acceptors (Lipinski definition) is 4. The number of nitrogens with two attached hydrogens (primary N) is 1. The number of amides is 1. The highest BCUT2D eigenvalue weighted by Gasteiger charge is 2.33. The minimum atomic E-state index is -0.167. The molecular formula is C18H27N6O+. The van der Waals surface area contributed by atoms with Gasteiger partial charge in [0.2, 0.25) is 11.7 Å². The second-order valence-corrected chi connectivity index (χ2v) is 6.79. The van der Waals surface area contributed by atoms with Gasteiger partial charge in [-0.2, -0.15) is 0 Å². The fourth-order valence-electron chi connectivity index (χ4n) is 3.78. The second kappa shape index (κ2) is 8.20. The summed E-state index contributed by atoms with van der Waals surface area (Å²) < 4.78 is 1.94. The van der Waals surface area contributed by atoms with E-state index in [1.54, 1.807) is 0 Å². The largest absolute Gasteiger partial charge is 0.369 e. The van der Waals surface area contributed by atoms with Crippen LogP contribution in [-0.4, -0.2) is 39.2 Å². The van der Waals surface area contributed by atoms with Crippen LogP contribution in [0.1, 0.15) is 43.6 Å².